The second kappa shape index (κ2) is 5.00. The van der Waals surface area contributed by atoms with Gasteiger partial charge in [-0.3, -0.25) is 9.97 Å². The van der Waals surface area contributed by atoms with Crippen molar-refractivity contribution in [3.8, 4) is 0 Å². The van der Waals surface area contributed by atoms with Crippen LogP contribution in [0.1, 0.15) is 16.0 Å². The SMILES string of the molecule is Cc1cnccc1CNCc1cncs1. The smallest absolute Gasteiger partial charge is 0.0794 e. The van der Waals surface area contributed by atoms with Gasteiger partial charge in [-0.2, -0.15) is 0 Å². The molecule has 0 aliphatic carbocycles. The lowest BCUT2D eigenvalue weighted by atomic mass is 10.1. The van der Waals surface area contributed by atoms with Gasteiger partial charge < -0.3 is 5.32 Å². The van der Waals surface area contributed by atoms with Gasteiger partial charge in [0.05, 0.1) is 5.51 Å². The van der Waals surface area contributed by atoms with Gasteiger partial charge in [-0.15, -0.1) is 11.3 Å². The van der Waals surface area contributed by atoms with Gasteiger partial charge in [0, 0.05) is 36.6 Å². The fourth-order valence-electron chi connectivity index (χ4n) is 1.35. The van der Waals surface area contributed by atoms with E-state index in [0.717, 1.165) is 13.1 Å². The van der Waals surface area contributed by atoms with Crippen molar-refractivity contribution in [3.63, 3.8) is 0 Å². The lowest BCUT2D eigenvalue weighted by Crippen LogP contribution is -2.12. The average molecular weight is 219 g/mol. The highest BCUT2D eigenvalue weighted by molar-refractivity contribution is 7.09. The van der Waals surface area contributed by atoms with Crippen molar-refractivity contribution in [1.82, 2.24) is 15.3 Å². The monoisotopic (exact) mass is 219 g/mol. The van der Waals surface area contributed by atoms with E-state index in [1.807, 2.05) is 24.1 Å². The van der Waals surface area contributed by atoms with Crippen LogP contribution in [0.4, 0.5) is 0 Å². The molecule has 1 N–H and O–H groups in total. The Morgan fingerprint density at radius 3 is 2.93 bits per heavy atom. The Hall–Kier alpha value is -1.26. The van der Waals surface area contributed by atoms with Crippen LogP contribution in [-0.4, -0.2) is 9.97 Å². The van der Waals surface area contributed by atoms with Gasteiger partial charge in [0.2, 0.25) is 0 Å². The number of hydrogen-bond donors (Lipinski definition) is 1. The van der Waals surface area contributed by atoms with Gasteiger partial charge >= 0.3 is 0 Å². The van der Waals surface area contributed by atoms with E-state index < -0.39 is 0 Å². The van der Waals surface area contributed by atoms with Gasteiger partial charge in [-0.1, -0.05) is 0 Å². The number of hydrogen-bond acceptors (Lipinski definition) is 4. The Morgan fingerprint density at radius 2 is 2.20 bits per heavy atom. The van der Waals surface area contributed by atoms with Crippen LogP contribution in [0.2, 0.25) is 0 Å². The molecule has 0 bridgehead atoms. The fraction of sp³-hybridized carbons (Fsp3) is 0.273. The van der Waals surface area contributed by atoms with Crippen LogP contribution < -0.4 is 5.32 Å². The van der Waals surface area contributed by atoms with E-state index in [9.17, 15) is 0 Å². The molecule has 0 aliphatic rings. The van der Waals surface area contributed by atoms with E-state index in [1.54, 1.807) is 11.3 Å². The molecule has 3 nitrogen and oxygen atoms in total. The summed E-state index contributed by atoms with van der Waals surface area (Å²) in [7, 11) is 0. The first-order valence-electron chi connectivity index (χ1n) is 4.84. The zero-order valence-corrected chi connectivity index (χ0v) is 9.42. The molecule has 2 aromatic heterocycles. The maximum absolute atomic E-state index is 4.07. The molecule has 0 aliphatic heterocycles. The third-order valence-corrected chi connectivity index (χ3v) is 3.01. The average Bonchev–Trinajstić information content (AvgIpc) is 2.74. The topological polar surface area (TPSA) is 37.8 Å². The van der Waals surface area contributed by atoms with E-state index in [-0.39, 0.29) is 0 Å². The molecule has 0 atom stereocenters. The number of nitrogens with zero attached hydrogens (tertiary/aromatic N) is 2. The van der Waals surface area contributed by atoms with Crippen LogP contribution in [0.15, 0.2) is 30.2 Å². The maximum Gasteiger partial charge on any atom is 0.0794 e. The normalized spacial score (nSPS) is 10.5. The van der Waals surface area contributed by atoms with Gasteiger partial charge in [-0.25, -0.2) is 0 Å². The van der Waals surface area contributed by atoms with Crippen molar-refractivity contribution in [3.05, 3.63) is 46.2 Å². The molecule has 0 fully saturated rings. The largest absolute Gasteiger partial charge is 0.308 e. The van der Waals surface area contributed by atoms with Gasteiger partial charge in [0.15, 0.2) is 0 Å². The Labute approximate surface area is 93.2 Å². The number of thiazole rings is 1. The van der Waals surface area contributed by atoms with Crippen LogP contribution in [0, 0.1) is 6.92 Å². The zero-order valence-electron chi connectivity index (χ0n) is 8.60. The van der Waals surface area contributed by atoms with Crippen molar-refractivity contribution in [2.75, 3.05) is 0 Å². The summed E-state index contributed by atoms with van der Waals surface area (Å²) in [4.78, 5) is 9.37. The van der Waals surface area contributed by atoms with Crippen LogP contribution in [-0.2, 0) is 13.1 Å². The minimum atomic E-state index is 0.881. The Kier molecular flexibility index (Phi) is 3.42. The molecule has 0 radical (unpaired) electrons. The van der Waals surface area contributed by atoms with Gasteiger partial charge in [0.25, 0.3) is 0 Å². The molecule has 0 spiro atoms. The molecule has 4 heteroatoms. The number of pyridine rings is 1. The molecule has 15 heavy (non-hydrogen) atoms. The molecule has 0 saturated carbocycles. The van der Waals surface area contributed by atoms with Crippen molar-refractivity contribution < 1.29 is 0 Å². The third-order valence-electron chi connectivity index (χ3n) is 2.23. The van der Waals surface area contributed by atoms with Crippen LogP contribution in [0.3, 0.4) is 0 Å². The molecule has 0 saturated heterocycles. The standard InChI is InChI=1S/C11H13N3S/c1-9-4-12-3-2-10(9)5-13-6-11-7-14-8-15-11/h2-4,7-8,13H,5-6H2,1H3. The fourth-order valence-corrected chi connectivity index (χ4v) is 1.91. The second-order valence-corrected chi connectivity index (χ2v) is 4.34. The van der Waals surface area contributed by atoms with Crippen molar-refractivity contribution in [2.24, 2.45) is 0 Å². The molecule has 0 unspecified atom stereocenters. The predicted octanol–water partition coefficient (Wildman–Crippen LogP) is 2.14. The van der Waals surface area contributed by atoms with E-state index >= 15 is 0 Å². The van der Waals surface area contributed by atoms with E-state index in [1.165, 1.54) is 16.0 Å². The van der Waals surface area contributed by atoms with Crippen molar-refractivity contribution in [1.29, 1.82) is 0 Å². The summed E-state index contributed by atoms with van der Waals surface area (Å²) in [5, 5.41) is 3.39. The number of aryl methyl sites for hydroxylation is 1. The maximum atomic E-state index is 4.07. The summed E-state index contributed by atoms with van der Waals surface area (Å²) in [6, 6.07) is 2.05. The van der Waals surface area contributed by atoms with E-state index in [2.05, 4.69) is 28.3 Å². The van der Waals surface area contributed by atoms with Crippen molar-refractivity contribution >= 4 is 11.3 Å². The highest BCUT2D eigenvalue weighted by Crippen LogP contribution is 2.07. The summed E-state index contributed by atoms with van der Waals surface area (Å²) >= 11 is 1.68. The number of nitrogens with one attached hydrogen (secondary N) is 1. The van der Waals surface area contributed by atoms with Crippen LogP contribution in [0.25, 0.3) is 0 Å². The highest BCUT2D eigenvalue weighted by atomic mass is 32.1. The second-order valence-electron chi connectivity index (χ2n) is 3.37. The Morgan fingerprint density at radius 1 is 1.27 bits per heavy atom. The first-order chi connectivity index (χ1) is 7.36. The summed E-state index contributed by atoms with van der Waals surface area (Å²) in [5.74, 6) is 0. The van der Waals surface area contributed by atoms with E-state index in [0.29, 0.717) is 0 Å². The quantitative estimate of drug-likeness (QED) is 0.856. The molecular weight excluding hydrogens is 206 g/mol. The number of aromatic nitrogens is 2. The first-order valence-corrected chi connectivity index (χ1v) is 5.72. The molecule has 78 valence electrons. The lowest BCUT2D eigenvalue weighted by Gasteiger charge is -2.05. The Bertz CT molecular complexity index is 412. The molecule has 0 aromatic carbocycles. The summed E-state index contributed by atoms with van der Waals surface area (Å²) in [5.41, 5.74) is 4.39. The Balaban J connectivity index is 1.86. The summed E-state index contributed by atoms with van der Waals surface area (Å²) in [6.07, 6.45) is 5.62. The minimum Gasteiger partial charge on any atom is -0.308 e. The molecule has 2 aromatic rings. The molecule has 2 heterocycles. The third kappa shape index (κ3) is 2.84. The molecular formula is C11H13N3S. The van der Waals surface area contributed by atoms with Crippen molar-refractivity contribution in [2.45, 2.75) is 20.0 Å². The van der Waals surface area contributed by atoms with Gasteiger partial charge in [-0.05, 0) is 24.1 Å². The van der Waals surface area contributed by atoms with Gasteiger partial charge in [0.1, 0.15) is 0 Å². The van der Waals surface area contributed by atoms with Crippen LogP contribution in [0.5, 0.6) is 0 Å². The summed E-state index contributed by atoms with van der Waals surface area (Å²) < 4.78 is 0. The predicted molar refractivity (Wildman–Crippen MR) is 61.6 cm³/mol. The minimum absolute atomic E-state index is 0.881. The first kappa shape index (κ1) is 10.3. The highest BCUT2D eigenvalue weighted by Gasteiger charge is 1.98. The lowest BCUT2D eigenvalue weighted by molar-refractivity contribution is 0.696. The molecule has 2 rings (SSSR count). The summed E-state index contributed by atoms with van der Waals surface area (Å²) in [6.45, 7) is 3.84. The number of rotatable bonds is 4. The van der Waals surface area contributed by atoms with E-state index in [4.69, 9.17) is 0 Å². The molecule has 0 amide bonds. The zero-order chi connectivity index (χ0) is 10.5. The van der Waals surface area contributed by atoms with Crippen LogP contribution >= 0.6 is 11.3 Å².